The number of amides is 3. The fourth-order valence-corrected chi connectivity index (χ4v) is 2.21. The SMILES string of the molecule is Cc1cccc(NC(=O)CC2C(=O)NC(=S)NC2=O)c1C. The molecule has 0 radical (unpaired) electrons. The third-order valence-corrected chi connectivity index (χ3v) is 3.58. The molecule has 1 fully saturated rings. The zero-order valence-corrected chi connectivity index (χ0v) is 12.5. The summed E-state index contributed by atoms with van der Waals surface area (Å²) in [5.41, 5.74) is 2.67. The van der Waals surface area contributed by atoms with Crippen LogP contribution in [0.1, 0.15) is 17.5 Å². The van der Waals surface area contributed by atoms with E-state index in [0.717, 1.165) is 11.1 Å². The molecule has 2 rings (SSSR count). The quantitative estimate of drug-likeness (QED) is 0.569. The molecular weight excluding hydrogens is 290 g/mol. The van der Waals surface area contributed by atoms with Gasteiger partial charge < -0.3 is 16.0 Å². The molecule has 21 heavy (non-hydrogen) atoms. The highest BCUT2D eigenvalue weighted by molar-refractivity contribution is 7.80. The molecule has 1 aliphatic rings. The van der Waals surface area contributed by atoms with Crippen LogP contribution in [0.4, 0.5) is 5.69 Å². The third kappa shape index (κ3) is 3.43. The summed E-state index contributed by atoms with van der Waals surface area (Å²) in [6.45, 7) is 3.83. The summed E-state index contributed by atoms with van der Waals surface area (Å²) in [6.07, 6.45) is -0.229. The number of aryl methyl sites for hydroxylation is 1. The van der Waals surface area contributed by atoms with Crippen molar-refractivity contribution in [3.63, 3.8) is 0 Å². The zero-order valence-electron chi connectivity index (χ0n) is 11.6. The molecule has 0 bridgehead atoms. The standard InChI is InChI=1S/C14H15N3O3S/c1-7-4-3-5-10(8(7)2)15-11(18)6-9-12(19)16-14(21)17-13(9)20/h3-5,9H,6H2,1-2H3,(H,15,18)(H2,16,17,19,20,21). The molecule has 3 amide bonds. The van der Waals surface area contributed by atoms with Crippen LogP contribution in [0.5, 0.6) is 0 Å². The van der Waals surface area contributed by atoms with Crippen molar-refractivity contribution >= 4 is 40.7 Å². The Hall–Kier alpha value is -2.28. The Morgan fingerprint density at radius 1 is 1.24 bits per heavy atom. The number of thiocarbonyl (C=S) groups is 1. The maximum absolute atomic E-state index is 12.0. The number of benzene rings is 1. The topological polar surface area (TPSA) is 87.3 Å². The van der Waals surface area contributed by atoms with Crippen LogP contribution in [-0.4, -0.2) is 22.8 Å². The Bertz CT molecular complexity index is 622. The molecule has 0 atom stereocenters. The van der Waals surface area contributed by atoms with Crippen molar-refractivity contribution < 1.29 is 14.4 Å². The number of anilines is 1. The van der Waals surface area contributed by atoms with Gasteiger partial charge in [-0.05, 0) is 43.3 Å². The lowest BCUT2D eigenvalue weighted by molar-refractivity contribution is -0.137. The summed E-state index contributed by atoms with van der Waals surface area (Å²) in [7, 11) is 0. The molecule has 0 aromatic heterocycles. The Morgan fingerprint density at radius 3 is 2.48 bits per heavy atom. The summed E-state index contributed by atoms with van der Waals surface area (Å²) in [6, 6.07) is 5.54. The summed E-state index contributed by atoms with van der Waals surface area (Å²) in [5, 5.41) is 7.35. The van der Waals surface area contributed by atoms with E-state index in [1.165, 1.54) is 0 Å². The van der Waals surface area contributed by atoms with Crippen LogP contribution in [0.15, 0.2) is 18.2 Å². The van der Waals surface area contributed by atoms with Crippen molar-refractivity contribution in [3.05, 3.63) is 29.3 Å². The van der Waals surface area contributed by atoms with Crippen LogP contribution in [0.25, 0.3) is 0 Å². The number of rotatable bonds is 3. The second-order valence-corrected chi connectivity index (χ2v) is 5.27. The van der Waals surface area contributed by atoms with Gasteiger partial charge in [-0.15, -0.1) is 0 Å². The fourth-order valence-electron chi connectivity index (χ4n) is 2.01. The van der Waals surface area contributed by atoms with Crippen molar-refractivity contribution in [1.29, 1.82) is 0 Å². The average molecular weight is 305 g/mol. The fraction of sp³-hybridized carbons (Fsp3) is 0.286. The van der Waals surface area contributed by atoms with Gasteiger partial charge >= 0.3 is 0 Å². The molecule has 1 saturated heterocycles. The van der Waals surface area contributed by atoms with Gasteiger partial charge in [-0.25, -0.2) is 0 Å². The Labute approximate surface area is 127 Å². The summed E-state index contributed by atoms with van der Waals surface area (Å²) < 4.78 is 0. The van der Waals surface area contributed by atoms with Crippen molar-refractivity contribution in [2.24, 2.45) is 5.92 Å². The third-order valence-electron chi connectivity index (χ3n) is 3.37. The van der Waals surface area contributed by atoms with Crippen LogP contribution in [0.2, 0.25) is 0 Å². The maximum atomic E-state index is 12.0. The van der Waals surface area contributed by atoms with Crippen molar-refractivity contribution in [2.75, 3.05) is 5.32 Å². The minimum absolute atomic E-state index is 0.0313. The molecule has 1 aliphatic heterocycles. The smallest absolute Gasteiger partial charge is 0.239 e. The molecule has 110 valence electrons. The highest BCUT2D eigenvalue weighted by Gasteiger charge is 2.34. The highest BCUT2D eigenvalue weighted by Crippen LogP contribution is 2.19. The van der Waals surface area contributed by atoms with Crippen molar-refractivity contribution in [1.82, 2.24) is 10.6 Å². The lowest BCUT2D eigenvalue weighted by atomic mass is 10.0. The Morgan fingerprint density at radius 2 is 1.86 bits per heavy atom. The van der Waals surface area contributed by atoms with Crippen LogP contribution in [0, 0.1) is 19.8 Å². The first-order valence-electron chi connectivity index (χ1n) is 6.40. The van der Waals surface area contributed by atoms with Gasteiger partial charge in [0.05, 0.1) is 0 Å². The van der Waals surface area contributed by atoms with Gasteiger partial charge in [0.25, 0.3) is 0 Å². The number of hydrogen-bond acceptors (Lipinski definition) is 4. The average Bonchev–Trinajstić information content (AvgIpc) is 2.39. The maximum Gasteiger partial charge on any atom is 0.239 e. The summed E-state index contributed by atoms with van der Waals surface area (Å²) in [4.78, 5) is 35.4. The predicted molar refractivity (Wildman–Crippen MR) is 81.5 cm³/mol. The monoisotopic (exact) mass is 305 g/mol. The van der Waals surface area contributed by atoms with Gasteiger partial charge in [0.1, 0.15) is 5.92 Å². The van der Waals surface area contributed by atoms with E-state index in [1.54, 1.807) is 6.07 Å². The molecule has 7 heteroatoms. The second-order valence-electron chi connectivity index (χ2n) is 4.86. The van der Waals surface area contributed by atoms with Gasteiger partial charge in [-0.2, -0.15) is 0 Å². The van der Waals surface area contributed by atoms with Crippen LogP contribution >= 0.6 is 12.2 Å². The first-order chi connectivity index (χ1) is 9.88. The van der Waals surface area contributed by atoms with E-state index >= 15 is 0 Å². The van der Waals surface area contributed by atoms with Crippen molar-refractivity contribution in [2.45, 2.75) is 20.3 Å². The van der Waals surface area contributed by atoms with Gasteiger partial charge in [0.15, 0.2) is 5.11 Å². The largest absolute Gasteiger partial charge is 0.326 e. The van der Waals surface area contributed by atoms with Gasteiger partial charge in [-0.1, -0.05) is 12.1 Å². The Balaban J connectivity index is 2.05. The van der Waals surface area contributed by atoms with Gasteiger partial charge in [-0.3, -0.25) is 14.4 Å². The Kier molecular flexibility index (Phi) is 4.32. The number of nitrogens with one attached hydrogen (secondary N) is 3. The number of hydrogen-bond donors (Lipinski definition) is 3. The number of carbonyl (C=O) groups excluding carboxylic acids is 3. The zero-order chi connectivity index (χ0) is 15.6. The van der Waals surface area contributed by atoms with Crippen molar-refractivity contribution in [3.8, 4) is 0 Å². The molecule has 1 aromatic rings. The molecular formula is C14H15N3O3S. The van der Waals surface area contributed by atoms with E-state index in [2.05, 4.69) is 16.0 Å². The van der Waals surface area contributed by atoms with E-state index in [9.17, 15) is 14.4 Å². The molecule has 1 aromatic carbocycles. The highest BCUT2D eigenvalue weighted by atomic mass is 32.1. The molecule has 0 unspecified atom stereocenters. The van der Waals surface area contributed by atoms with E-state index < -0.39 is 23.6 Å². The predicted octanol–water partition coefficient (Wildman–Crippen LogP) is 0.779. The second kappa shape index (κ2) is 6.01. The minimum atomic E-state index is -1.07. The lowest BCUT2D eigenvalue weighted by Crippen LogP contribution is -2.56. The molecule has 0 aliphatic carbocycles. The molecule has 0 saturated carbocycles. The van der Waals surface area contributed by atoms with Gasteiger partial charge in [0, 0.05) is 12.1 Å². The molecule has 1 heterocycles. The molecule has 3 N–H and O–H groups in total. The first kappa shape index (κ1) is 15.1. The van der Waals surface area contributed by atoms with E-state index in [0.29, 0.717) is 5.69 Å². The van der Waals surface area contributed by atoms with Crippen LogP contribution < -0.4 is 16.0 Å². The summed E-state index contributed by atoms with van der Waals surface area (Å²) >= 11 is 4.70. The lowest BCUT2D eigenvalue weighted by Gasteiger charge is -2.22. The summed E-state index contributed by atoms with van der Waals surface area (Å²) in [5.74, 6) is -2.58. The van der Waals surface area contributed by atoms with Gasteiger partial charge in [0.2, 0.25) is 17.7 Å². The number of carbonyl (C=O) groups is 3. The normalized spacial score (nSPS) is 15.4. The molecule has 6 nitrogen and oxygen atoms in total. The van der Waals surface area contributed by atoms with E-state index in [1.807, 2.05) is 26.0 Å². The minimum Gasteiger partial charge on any atom is -0.326 e. The van der Waals surface area contributed by atoms with E-state index in [-0.39, 0.29) is 11.5 Å². The van der Waals surface area contributed by atoms with Crippen LogP contribution in [-0.2, 0) is 14.4 Å². The molecule has 0 spiro atoms. The van der Waals surface area contributed by atoms with E-state index in [4.69, 9.17) is 12.2 Å². The first-order valence-corrected chi connectivity index (χ1v) is 6.81. The van der Waals surface area contributed by atoms with Crippen LogP contribution in [0.3, 0.4) is 0 Å².